The van der Waals surface area contributed by atoms with Crippen LogP contribution in [0.25, 0.3) is 11.1 Å². The lowest BCUT2D eigenvalue weighted by molar-refractivity contribution is -0.287. The number of carboxylic acid groups (broad SMARTS) is 1. The fraction of sp³-hybridized carbons (Fsp3) is 0.225. The van der Waals surface area contributed by atoms with Crippen LogP contribution in [0.3, 0.4) is 0 Å². The molecule has 4 aromatic rings. The molecule has 1 saturated heterocycles. The molecule has 344 valence electrons. The second-order valence-electron chi connectivity index (χ2n) is 14.7. The molecule has 4 aliphatic heterocycles. The third kappa shape index (κ3) is 6.92. The molecule has 4 bridgehead atoms. The monoisotopic (exact) mass is 924 g/mol. The van der Waals surface area contributed by atoms with Crippen molar-refractivity contribution in [1.29, 1.82) is 0 Å². The number of ether oxygens (including phenoxy) is 7. The van der Waals surface area contributed by atoms with E-state index in [9.17, 15) is 94.8 Å². The molecule has 2 unspecified atom stereocenters. The number of carbonyl (C=O) groups excluding carboxylic acids is 6. The molecule has 12 N–H and O–H groups in total. The number of rotatable bonds is 4. The average Bonchev–Trinajstić information content (AvgIpc) is 3.60. The van der Waals surface area contributed by atoms with Gasteiger partial charge in [-0.3, -0.25) is 14.4 Å². The SMILES string of the molecule is O=C(O)CC1C(=O)O[C@H]2[C@H]3OC(=O)c4cc(O)c(O)c(O)c4-c4c(cc(O)c(O)c4O)C(=O)OC[C@H]2O[C@@H](OC(=O)c2cc(O)c(O)c(O)c2)[C@@H]3OC(=O)c2cc(O)c(O)c3c2C1C(=O)O3. The van der Waals surface area contributed by atoms with Gasteiger partial charge in [-0.25, -0.2) is 19.2 Å². The molecule has 8 rings (SSSR count). The highest BCUT2D eigenvalue weighted by atomic mass is 16.7. The van der Waals surface area contributed by atoms with Crippen LogP contribution < -0.4 is 4.74 Å². The van der Waals surface area contributed by atoms with E-state index in [2.05, 4.69) is 0 Å². The summed E-state index contributed by atoms with van der Waals surface area (Å²) in [7, 11) is 0. The van der Waals surface area contributed by atoms with Gasteiger partial charge >= 0.3 is 41.8 Å². The molecule has 0 spiro atoms. The summed E-state index contributed by atoms with van der Waals surface area (Å²) in [5, 5.41) is 125. The van der Waals surface area contributed by atoms with Gasteiger partial charge in [-0.05, 0) is 30.3 Å². The van der Waals surface area contributed by atoms with Crippen molar-refractivity contribution in [3.05, 3.63) is 58.1 Å². The minimum atomic E-state index is -2.53. The zero-order valence-corrected chi connectivity index (χ0v) is 32.4. The zero-order valence-electron chi connectivity index (χ0n) is 32.4. The molecule has 26 nitrogen and oxygen atoms in total. The van der Waals surface area contributed by atoms with Gasteiger partial charge in [0.25, 0.3) is 0 Å². The highest BCUT2D eigenvalue weighted by molar-refractivity contribution is 6.08. The Balaban J connectivity index is 1.38. The summed E-state index contributed by atoms with van der Waals surface area (Å²) in [6, 6.07) is 2.48. The van der Waals surface area contributed by atoms with Crippen LogP contribution in [0.4, 0.5) is 0 Å². The third-order valence-corrected chi connectivity index (χ3v) is 10.8. The normalized spacial score (nSPS) is 23.3. The standard InChI is InChI=1S/C40H28O26/c41-13-1-8(2-14(42)24(13)48)34(54)66-40-33-32-30(62-38(58)12(6-19(46)47)23-22-11(37(57)65-33)5-17(45)27(51)31(22)63-39(23)59)18(61-40)7-60-35(55)9-3-15(43)25(49)28(52)20(9)21-10(36(56)64-32)4-16(44)26(50)29(21)53/h1-5,12,18,23,30,32-33,40-45,48-53H,6-7H2,(H,46,47)/t12?,18-,23?,30-,32-,33-,40+/m1/s1. The number of aliphatic carboxylic acids is 1. The highest BCUT2D eigenvalue weighted by Gasteiger charge is 2.58. The minimum absolute atomic E-state index is 0.378. The molecule has 0 saturated carbocycles. The van der Waals surface area contributed by atoms with Crippen molar-refractivity contribution in [3.63, 3.8) is 0 Å². The van der Waals surface area contributed by atoms with E-state index in [1.807, 2.05) is 0 Å². The Bertz CT molecular complexity index is 2840. The lowest BCUT2D eigenvalue weighted by Gasteiger charge is -2.44. The highest BCUT2D eigenvalue weighted by Crippen LogP contribution is 2.54. The Hall–Kier alpha value is -9.07. The largest absolute Gasteiger partial charge is 0.504 e. The number of benzene rings is 4. The molecule has 1 fully saturated rings. The van der Waals surface area contributed by atoms with Crippen LogP contribution in [-0.2, 0) is 42.8 Å². The molecule has 4 aromatic carbocycles. The topological polar surface area (TPSA) is 427 Å². The second kappa shape index (κ2) is 15.6. The number of cyclic esters (lactones) is 1. The fourth-order valence-electron chi connectivity index (χ4n) is 7.76. The van der Waals surface area contributed by atoms with Crippen molar-refractivity contribution in [3.8, 4) is 80.1 Å². The smallest absolute Gasteiger partial charge is 0.340 e. The van der Waals surface area contributed by atoms with Crippen molar-refractivity contribution in [2.45, 2.75) is 43.0 Å². The van der Waals surface area contributed by atoms with E-state index in [1.54, 1.807) is 0 Å². The minimum Gasteiger partial charge on any atom is -0.504 e. The van der Waals surface area contributed by atoms with Crippen molar-refractivity contribution in [2.75, 3.05) is 6.61 Å². The van der Waals surface area contributed by atoms with Crippen LogP contribution in [0.15, 0.2) is 30.3 Å². The van der Waals surface area contributed by atoms with Gasteiger partial charge < -0.3 is 94.4 Å². The maximum Gasteiger partial charge on any atom is 0.340 e. The number of carbonyl (C=O) groups is 7. The number of esters is 6. The van der Waals surface area contributed by atoms with Crippen LogP contribution >= 0.6 is 0 Å². The van der Waals surface area contributed by atoms with Crippen molar-refractivity contribution in [1.82, 2.24) is 0 Å². The van der Waals surface area contributed by atoms with E-state index >= 15 is 0 Å². The molecule has 66 heavy (non-hydrogen) atoms. The van der Waals surface area contributed by atoms with Crippen molar-refractivity contribution < 1.29 is 128 Å². The van der Waals surface area contributed by atoms with E-state index in [0.29, 0.717) is 30.3 Å². The zero-order chi connectivity index (χ0) is 48.0. The van der Waals surface area contributed by atoms with Gasteiger partial charge in [0.1, 0.15) is 18.6 Å². The molecule has 0 aromatic heterocycles. The number of phenolic OH excluding ortho intramolecular Hbond substituents is 11. The van der Waals surface area contributed by atoms with Gasteiger partial charge in [-0.2, -0.15) is 0 Å². The Labute approximate surface area is 363 Å². The molecule has 0 amide bonds. The maximum absolute atomic E-state index is 14.6. The number of carboxylic acids is 1. The lowest BCUT2D eigenvalue weighted by atomic mass is 9.82. The Morgan fingerprint density at radius 2 is 1.09 bits per heavy atom. The van der Waals surface area contributed by atoms with E-state index in [-0.39, 0.29) is 0 Å². The first-order chi connectivity index (χ1) is 31.1. The maximum atomic E-state index is 14.6. The van der Waals surface area contributed by atoms with Crippen LogP contribution in [0.5, 0.6) is 69.0 Å². The third-order valence-electron chi connectivity index (χ3n) is 10.8. The van der Waals surface area contributed by atoms with Crippen LogP contribution in [-0.4, -0.2) is 140 Å². The predicted octanol–water partition coefficient (Wildman–Crippen LogP) is 0.637. The van der Waals surface area contributed by atoms with Gasteiger partial charge in [-0.15, -0.1) is 0 Å². The van der Waals surface area contributed by atoms with Crippen LogP contribution in [0.1, 0.15) is 59.3 Å². The molecule has 26 heteroatoms. The van der Waals surface area contributed by atoms with Gasteiger partial charge in [-0.1, -0.05) is 0 Å². The van der Waals surface area contributed by atoms with E-state index < -0.39 is 205 Å². The first-order valence-corrected chi connectivity index (χ1v) is 18.6. The summed E-state index contributed by atoms with van der Waals surface area (Å²) in [5.41, 5.74) is -6.77. The fourth-order valence-corrected chi connectivity index (χ4v) is 7.76. The Morgan fingerprint density at radius 3 is 1.68 bits per heavy atom. The van der Waals surface area contributed by atoms with Crippen LogP contribution in [0.2, 0.25) is 0 Å². The van der Waals surface area contributed by atoms with E-state index in [0.717, 1.165) is 0 Å². The number of aromatic hydroxyl groups is 11. The van der Waals surface area contributed by atoms with Gasteiger partial charge in [0.05, 0.1) is 34.6 Å². The molecular formula is C40H28O26. The summed E-state index contributed by atoms with van der Waals surface area (Å²) in [5.74, 6) is -30.9. The summed E-state index contributed by atoms with van der Waals surface area (Å²) in [6.45, 7) is -1.27. The number of fused-ring (bicyclic) bond motifs is 3. The molecule has 4 aliphatic rings. The quantitative estimate of drug-likeness (QED) is 0.0578. The Kier molecular flexibility index (Phi) is 10.3. The average molecular weight is 925 g/mol. The van der Waals surface area contributed by atoms with Gasteiger partial charge in [0.2, 0.25) is 29.6 Å². The first kappa shape index (κ1) is 43.6. The van der Waals surface area contributed by atoms with E-state index in [1.165, 1.54) is 0 Å². The van der Waals surface area contributed by atoms with Gasteiger partial charge in [0.15, 0.2) is 64.0 Å². The first-order valence-electron chi connectivity index (χ1n) is 18.6. The summed E-state index contributed by atoms with van der Waals surface area (Å²) >= 11 is 0. The molecule has 4 heterocycles. The predicted molar refractivity (Wildman–Crippen MR) is 200 cm³/mol. The molecule has 7 atom stereocenters. The number of hydrogen-bond acceptors (Lipinski definition) is 25. The molecule has 0 radical (unpaired) electrons. The summed E-state index contributed by atoms with van der Waals surface area (Å²) in [6.07, 6.45) is -13.4. The van der Waals surface area contributed by atoms with Crippen molar-refractivity contribution in [2.24, 2.45) is 5.92 Å². The molecular weight excluding hydrogens is 896 g/mol. The lowest BCUT2D eigenvalue weighted by Crippen LogP contribution is -2.63. The van der Waals surface area contributed by atoms with Crippen molar-refractivity contribution >= 4 is 41.8 Å². The Morgan fingerprint density at radius 1 is 0.576 bits per heavy atom. The van der Waals surface area contributed by atoms with Gasteiger partial charge in [0, 0.05) is 16.7 Å². The molecule has 0 aliphatic carbocycles. The summed E-state index contributed by atoms with van der Waals surface area (Å²) in [4.78, 5) is 96.7. The second-order valence-corrected chi connectivity index (χ2v) is 14.7. The summed E-state index contributed by atoms with van der Waals surface area (Å²) < 4.78 is 38.9. The number of phenols is 11. The van der Waals surface area contributed by atoms with Crippen LogP contribution in [0, 0.1) is 5.92 Å². The number of hydrogen-bond donors (Lipinski definition) is 12. The van der Waals surface area contributed by atoms with E-state index in [4.69, 9.17) is 33.2 Å².